The molecule has 0 aromatic carbocycles. The summed E-state index contributed by atoms with van der Waals surface area (Å²) in [4.78, 5) is 0. The van der Waals surface area contributed by atoms with E-state index in [-0.39, 0.29) is 0 Å². The molecule has 0 fully saturated rings. The summed E-state index contributed by atoms with van der Waals surface area (Å²) in [5.41, 5.74) is 0.512. The molecule has 1 nitrogen and oxygen atoms in total. The predicted octanol–water partition coefficient (Wildman–Crippen LogP) is 4.37. The zero-order chi connectivity index (χ0) is 11.7. The molecule has 1 N–H and O–H groups in total. The van der Waals surface area contributed by atoms with Gasteiger partial charge in [-0.15, -0.1) is 0 Å². The van der Waals surface area contributed by atoms with Gasteiger partial charge < -0.3 is 5.32 Å². The average Bonchev–Trinajstić information content (AvgIpc) is 2.15. The fourth-order valence-corrected chi connectivity index (χ4v) is 1.85. The maximum absolute atomic E-state index is 3.62. The van der Waals surface area contributed by atoms with Gasteiger partial charge in [-0.1, -0.05) is 47.5 Å². The van der Waals surface area contributed by atoms with Crippen molar-refractivity contribution in [2.45, 2.75) is 79.2 Å². The molecule has 0 aromatic heterocycles. The van der Waals surface area contributed by atoms with Crippen molar-refractivity contribution in [2.24, 2.45) is 5.41 Å². The third kappa shape index (κ3) is 10.2. The molecule has 1 atom stereocenters. The van der Waals surface area contributed by atoms with Crippen LogP contribution in [0.25, 0.3) is 0 Å². The van der Waals surface area contributed by atoms with E-state index in [2.05, 4.69) is 39.9 Å². The molecule has 0 aliphatic carbocycles. The topological polar surface area (TPSA) is 12.0 Å². The van der Waals surface area contributed by atoms with Gasteiger partial charge in [-0.25, -0.2) is 0 Å². The Hall–Kier alpha value is -0.0400. The lowest BCUT2D eigenvalue weighted by Crippen LogP contribution is -2.28. The third-order valence-electron chi connectivity index (χ3n) is 2.91. The Morgan fingerprint density at radius 3 is 2.20 bits per heavy atom. The molecule has 0 aliphatic heterocycles. The SMILES string of the molecule is CCCNC(CC)CCCCC(C)(C)C. The second-order valence-electron chi connectivity index (χ2n) is 5.87. The van der Waals surface area contributed by atoms with E-state index in [9.17, 15) is 0 Å². The summed E-state index contributed by atoms with van der Waals surface area (Å²) in [6.07, 6.45) is 8.00. The van der Waals surface area contributed by atoms with Crippen molar-refractivity contribution in [1.82, 2.24) is 5.32 Å². The van der Waals surface area contributed by atoms with Crippen LogP contribution >= 0.6 is 0 Å². The van der Waals surface area contributed by atoms with E-state index in [0.29, 0.717) is 5.41 Å². The molecule has 0 spiro atoms. The fraction of sp³-hybridized carbons (Fsp3) is 1.00. The van der Waals surface area contributed by atoms with Crippen molar-refractivity contribution in [1.29, 1.82) is 0 Å². The minimum Gasteiger partial charge on any atom is -0.314 e. The van der Waals surface area contributed by atoms with Crippen LogP contribution in [-0.4, -0.2) is 12.6 Å². The molecule has 1 heteroatoms. The summed E-state index contributed by atoms with van der Waals surface area (Å²) in [5, 5.41) is 3.62. The van der Waals surface area contributed by atoms with Crippen LogP contribution in [-0.2, 0) is 0 Å². The highest BCUT2D eigenvalue weighted by Gasteiger charge is 2.10. The number of unbranched alkanes of at least 4 members (excludes halogenated alkanes) is 1. The Labute approximate surface area is 97.0 Å². The maximum atomic E-state index is 3.62. The van der Waals surface area contributed by atoms with E-state index >= 15 is 0 Å². The van der Waals surface area contributed by atoms with Gasteiger partial charge >= 0.3 is 0 Å². The molecular weight excluding hydrogens is 182 g/mol. The van der Waals surface area contributed by atoms with Crippen molar-refractivity contribution in [3.05, 3.63) is 0 Å². The Kier molecular flexibility index (Phi) is 8.13. The van der Waals surface area contributed by atoms with Crippen molar-refractivity contribution in [3.8, 4) is 0 Å². The summed E-state index contributed by atoms with van der Waals surface area (Å²) >= 11 is 0. The first-order valence-corrected chi connectivity index (χ1v) is 6.73. The second kappa shape index (κ2) is 8.15. The Balaban J connectivity index is 3.46. The molecule has 0 aromatic rings. The monoisotopic (exact) mass is 213 g/mol. The van der Waals surface area contributed by atoms with Gasteiger partial charge in [0.05, 0.1) is 0 Å². The summed E-state index contributed by atoms with van der Waals surface area (Å²) in [7, 11) is 0. The first-order valence-electron chi connectivity index (χ1n) is 6.73. The molecule has 0 bridgehead atoms. The Morgan fingerprint density at radius 2 is 1.73 bits per heavy atom. The van der Waals surface area contributed by atoms with Gasteiger partial charge in [0.25, 0.3) is 0 Å². The summed E-state index contributed by atoms with van der Waals surface area (Å²) in [6, 6.07) is 0.755. The minimum absolute atomic E-state index is 0.512. The summed E-state index contributed by atoms with van der Waals surface area (Å²) in [6.45, 7) is 12.7. The zero-order valence-electron chi connectivity index (χ0n) is 11.5. The van der Waals surface area contributed by atoms with E-state index < -0.39 is 0 Å². The molecule has 0 aliphatic rings. The Morgan fingerprint density at radius 1 is 1.07 bits per heavy atom. The Bertz CT molecular complexity index is 135. The summed E-state index contributed by atoms with van der Waals surface area (Å²) < 4.78 is 0. The van der Waals surface area contributed by atoms with Crippen LogP contribution in [0.3, 0.4) is 0 Å². The molecule has 0 saturated carbocycles. The van der Waals surface area contributed by atoms with Crippen LogP contribution < -0.4 is 5.32 Å². The normalized spacial score (nSPS) is 14.2. The highest BCUT2D eigenvalue weighted by Crippen LogP contribution is 2.22. The van der Waals surface area contributed by atoms with Crippen LogP contribution in [0.5, 0.6) is 0 Å². The van der Waals surface area contributed by atoms with Gasteiger partial charge in [0, 0.05) is 6.04 Å². The van der Waals surface area contributed by atoms with E-state index in [1.165, 1.54) is 45.1 Å². The summed E-state index contributed by atoms with van der Waals surface area (Å²) in [5.74, 6) is 0. The highest BCUT2D eigenvalue weighted by molar-refractivity contribution is 4.66. The fourth-order valence-electron chi connectivity index (χ4n) is 1.85. The van der Waals surface area contributed by atoms with Gasteiger partial charge in [0.15, 0.2) is 0 Å². The van der Waals surface area contributed by atoms with E-state index in [0.717, 1.165) is 6.04 Å². The lowest BCUT2D eigenvalue weighted by atomic mass is 9.89. The van der Waals surface area contributed by atoms with Gasteiger partial charge in [0.2, 0.25) is 0 Å². The second-order valence-corrected chi connectivity index (χ2v) is 5.87. The van der Waals surface area contributed by atoms with Crippen molar-refractivity contribution < 1.29 is 0 Å². The first-order chi connectivity index (χ1) is 6.99. The van der Waals surface area contributed by atoms with Gasteiger partial charge in [0.1, 0.15) is 0 Å². The smallest absolute Gasteiger partial charge is 0.00644 e. The van der Waals surface area contributed by atoms with Crippen molar-refractivity contribution >= 4 is 0 Å². The lowest BCUT2D eigenvalue weighted by molar-refractivity contribution is 0.347. The van der Waals surface area contributed by atoms with Crippen molar-refractivity contribution in [3.63, 3.8) is 0 Å². The third-order valence-corrected chi connectivity index (χ3v) is 2.91. The number of hydrogen-bond acceptors (Lipinski definition) is 1. The molecule has 0 radical (unpaired) electrons. The quantitative estimate of drug-likeness (QED) is 0.590. The van der Waals surface area contributed by atoms with Gasteiger partial charge in [-0.2, -0.15) is 0 Å². The van der Waals surface area contributed by atoms with E-state index in [1.54, 1.807) is 0 Å². The largest absolute Gasteiger partial charge is 0.314 e. The standard InChI is InChI=1S/C14H31N/c1-6-12-15-13(7-2)10-8-9-11-14(3,4)5/h13,15H,6-12H2,1-5H3. The number of hydrogen-bond donors (Lipinski definition) is 1. The van der Waals surface area contributed by atoms with E-state index in [4.69, 9.17) is 0 Å². The van der Waals surface area contributed by atoms with Crippen LogP contribution in [0.1, 0.15) is 73.1 Å². The number of rotatable bonds is 8. The maximum Gasteiger partial charge on any atom is 0.00644 e. The molecule has 15 heavy (non-hydrogen) atoms. The molecule has 92 valence electrons. The van der Waals surface area contributed by atoms with Gasteiger partial charge in [-0.3, -0.25) is 0 Å². The molecular formula is C14H31N. The van der Waals surface area contributed by atoms with Crippen LogP contribution in [0.2, 0.25) is 0 Å². The number of nitrogens with one attached hydrogen (secondary N) is 1. The zero-order valence-corrected chi connectivity index (χ0v) is 11.5. The van der Waals surface area contributed by atoms with E-state index in [1.807, 2.05) is 0 Å². The van der Waals surface area contributed by atoms with Crippen LogP contribution in [0.4, 0.5) is 0 Å². The predicted molar refractivity (Wildman–Crippen MR) is 70.3 cm³/mol. The molecule has 0 amide bonds. The molecule has 0 heterocycles. The highest BCUT2D eigenvalue weighted by atomic mass is 14.9. The van der Waals surface area contributed by atoms with Crippen molar-refractivity contribution in [2.75, 3.05) is 6.54 Å². The molecule has 0 saturated heterocycles. The van der Waals surface area contributed by atoms with Gasteiger partial charge in [-0.05, 0) is 37.6 Å². The molecule has 1 unspecified atom stereocenters. The minimum atomic E-state index is 0.512. The lowest BCUT2D eigenvalue weighted by Gasteiger charge is -2.20. The molecule has 0 rings (SSSR count). The van der Waals surface area contributed by atoms with Crippen LogP contribution in [0.15, 0.2) is 0 Å². The average molecular weight is 213 g/mol. The van der Waals surface area contributed by atoms with Crippen LogP contribution in [0, 0.1) is 5.41 Å². The first kappa shape index (κ1) is 15.0.